The number of rotatable bonds is 1. The lowest BCUT2D eigenvalue weighted by molar-refractivity contribution is -0.331. The fourth-order valence-electron chi connectivity index (χ4n) is 2.61. The highest BCUT2D eigenvalue weighted by Gasteiger charge is 2.23. The number of nitriles is 1. The van der Waals surface area contributed by atoms with Crippen molar-refractivity contribution in [3.63, 3.8) is 0 Å². The lowest BCUT2D eigenvalue weighted by Crippen LogP contribution is -2.35. The number of para-hydroxylation sites is 1. The number of pyridine rings is 1. The highest BCUT2D eigenvalue weighted by molar-refractivity contribution is 5.78. The van der Waals surface area contributed by atoms with Gasteiger partial charge in [-0.15, -0.1) is 0 Å². The summed E-state index contributed by atoms with van der Waals surface area (Å²) in [6.45, 7) is 2.09. The molecule has 1 aromatic carbocycles. The molecule has 0 unspecified atom stereocenters. The molecule has 3 heteroatoms. The maximum absolute atomic E-state index is 9.31. The SMILES string of the molecule is N#Cc1cc2ccccc2[nH+]c1N1CCCCC1. The van der Waals surface area contributed by atoms with Crippen LogP contribution >= 0.6 is 0 Å². The van der Waals surface area contributed by atoms with Crippen molar-refractivity contribution in [2.45, 2.75) is 19.3 Å². The fraction of sp³-hybridized carbons (Fsp3) is 0.333. The Kier molecular flexibility index (Phi) is 2.85. The lowest BCUT2D eigenvalue weighted by Gasteiger charge is -2.21. The molecule has 0 bridgehead atoms. The minimum atomic E-state index is 0.746. The number of hydrogen-bond acceptors (Lipinski definition) is 2. The van der Waals surface area contributed by atoms with Crippen LogP contribution in [0.15, 0.2) is 30.3 Å². The van der Waals surface area contributed by atoms with Gasteiger partial charge in [-0.3, -0.25) is 4.90 Å². The second-order valence-electron chi connectivity index (χ2n) is 4.78. The molecular formula is C15H16N3+. The fourth-order valence-corrected chi connectivity index (χ4v) is 2.61. The molecule has 0 amide bonds. The third kappa shape index (κ3) is 1.91. The largest absolute Gasteiger partial charge is 0.293 e. The van der Waals surface area contributed by atoms with Gasteiger partial charge >= 0.3 is 0 Å². The monoisotopic (exact) mass is 238 g/mol. The van der Waals surface area contributed by atoms with Crippen molar-refractivity contribution >= 4 is 16.7 Å². The molecular weight excluding hydrogens is 222 g/mol. The van der Waals surface area contributed by atoms with Gasteiger partial charge < -0.3 is 0 Å². The van der Waals surface area contributed by atoms with Crippen molar-refractivity contribution in [3.05, 3.63) is 35.9 Å². The van der Waals surface area contributed by atoms with E-state index in [2.05, 4.69) is 22.0 Å². The van der Waals surface area contributed by atoms with Crippen LogP contribution in [0.4, 0.5) is 5.82 Å². The first-order valence-corrected chi connectivity index (χ1v) is 6.48. The van der Waals surface area contributed by atoms with Crippen molar-refractivity contribution in [1.29, 1.82) is 5.26 Å². The summed E-state index contributed by atoms with van der Waals surface area (Å²) in [4.78, 5) is 5.72. The standard InChI is InChI=1S/C15H15N3/c16-11-13-10-12-6-2-3-7-14(12)17-15(13)18-8-4-1-5-9-18/h2-3,6-7,10H,1,4-5,8-9H2/p+1. The van der Waals surface area contributed by atoms with Crippen molar-refractivity contribution in [3.8, 4) is 6.07 Å². The number of aromatic amines is 1. The molecule has 3 nitrogen and oxygen atoms in total. The van der Waals surface area contributed by atoms with E-state index in [1.54, 1.807) is 0 Å². The first kappa shape index (κ1) is 11.0. The predicted octanol–water partition coefficient (Wildman–Crippen LogP) is 2.52. The molecule has 1 aliphatic heterocycles. The highest BCUT2D eigenvalue weighted by atomic mass is 15.2. The van der Waals surface area contributed by atoms with E-state index in [9.17, 15) is 5.26 Å². The Bertz CT molecular complexity index is 607. The predicted molar refractivity (Wildman–Crippen MR) is 71.3 cm³/mol. The molecule has 2 heterocycles. The summed E-state index contributed by atoms with van der Waals surface area (Å²) in [5.74, 6) is 0.982. The third-order valence-corrected chi connectivity index (χ3v) is 3.56. The molecule has 0 atom stereocenters. The number of aromatic nitrogens is 1. The average molecular weight is 238 g/mol. The number of hydrogen-bond donors (Lipinski definition) is 0. The van der Waals surface area contributed by atoms with Crippen LogP contribution in [0.2, 0.25) is 0 Å². The van der Waals surface area contributed by atoms with Gasteiger partial charge in [0.1, 0.15) is 17.1 Å². The normalized spacial score (nSPS) is 15.6. The van der Waals surface area contributed by atoms with Gasteiger partial charge in [-0.2, -0.15) is 5.26 Å². The molecule has 1 saturated heterocycles. The molecule has 90 valence electrons. The zero-order valence-corrected chi connectivity index (χ0v) is 10.3. The van der Waals surface area contributed by atoms with E-state index in [1.807, 2.05) is 24.3 Å². The van der Waals surface area contributed by atoms with Gasteiger partial charge in [0.05, 0.1) is 13.1 Å². The summed E-state index contributed by atoms with van der Waals surface area (Å²) in [7, 11) is 0. The molecule has 0 spiro atoms. The molecule has 0 saturated carbocycles. The van der Waals surface area contributed by atoms with Gasteiger partial charge in [0.25, 0.3) is 5.82 Å². The number of fused-ring (bicyclic) bond motifs is 1. The summed E-state index contributed by atoms with van der Waals surface area (Å²) in [5.41, 5.74) is 1.84. The van der Waals surface area contributed by atoms with E-state index in [-0.39, 0.29) is 0 Å². The number of anilines is 1. The highest BCUT2D eigenvalue weighted by Crippen LogP contribution is 2.22. The zero-order chi connectivity index (χ0) is 12.4. The Morgan fingerprint density at radius 2 is 1.89 bits per heavy atom. The Hall–Kier alpha value is -2.08. The first-order valence-electron chi connectivity index (χ1n) is 6.48. The summed E-state index contributed by atoms with van der Waals surface area (Å²) in [5, 5.41) is 10.4. The van der Waals surface area contributed by atoms with Gasteiger partial charge in [-0.25, -0.2) is 4.98 Å². The van der Waals surface area contributed by atoms with E-state index in [0.717, 1.165) is 35.4 Å². The number of benzene rings is 1. The number of nitrogens with one attached hydrogen (secondary N) is 1. The second-order valence-corrected chi connectivity index (χ2v) is 4.78. The van der Waals surface area contributed by atoms with Crippen molar-refractivity contribution in [2.75, 3.05) is 18.0 Å². The lowest BCUT2D eigenvalue weighted by atomic mass is 10.1. The summed E-state index contributed by atoms with van der Waals surface area (Å²) in [6, 6.07) is 12.4. The smallest absolute Gasteiger partial charge is 0.261 e. The number of H-pyrrole nitrogens is 1. The molecule has 18 heavy (non-hydrogen) atoms. The molecule has 1 fully saturated rings. The molecule has 0 aliphatic carbocycles. The Balaban J connectivity index is 2.11. The van der Waals surface area contributed by atoms with Crippen LogP contribution < -0.4 is 9.88 Å². The van der Waals surface area contributed by atoms with Crippen LogP contribution in [-0.4, -0.2) is 13.1 Å². The van der Waals surface area contributed by atoms with Gasteiger partial charge in [-0.1, -0.05) is 18.2 Å². The van der Waals surface area contributed by atoms with E-state index in [0.29, 0.717) is 0 Å². The van der Waals surface area contributed by atoms with Gasteiger partial charge in [0.15, 0.2) is 0 Å². The van der Waals surface area contributed by atoms with Crippen LogP contribution in [0.5, 0.6) is 0 Å². The van der Waals surface area contributed by atoms with Crippen LogP contribution in [0.3, 0.4) is 0 Å². The molecule has 1 N–H and O–H groups in total. The number of nitrogens with zero attached hydrogens (tertiary/aromatic N) is 2. The van der Waals surface area contributed by atoms with Crippen molar-refractivity contribution in [2.24, 2.45) is 0 Å². The average Bonchev–Trinajstić information content (AvgIpc) is 2.46. The zero-order valence-electron chi connectivity index (χ0n) is 10.3. The van der Waals surface area contributed by atoms with Crippen LogP contribution in [-0.2, 0) is 0 Å². The van der Waals surface area contributed by atoms with Crippen LogP contribution in [0.25, 0.3) is 10.9 Å². The van der Waals surface area contributed by atoms with Crippen LogP contribution in [0.1, 0.15) is 24.8 Å². The molecule has 3 rings (SSSR count). The summed E-state index contributed by atoms with van der Waals surface area (Å²) < 4.78 is 0. The van der Waals surface area contributed by atoms with E-state index < -0.39 is 0 Å². The Morgan fingerprint density at radius 3 is 2.67 bits per heavy atom. The van der Waals surface area contributed by atoms with Crippen LogP contribution in [0, 0.1) is 11.3 Å². The molecule has 2 aromatic rings. The maximum Gasteiger partial charge on any atom is 0.293 e. The van der Waals surface area contributed by atoms with Gasteiger partial charge in [-0.05, 0) is 31.4 Å². The minimum absolute atomic E-state index is 0.746. The van der Waals surface area contributed by atoms with Crippen molar-refractivity contribution in [1.82, 2.24) is 0 Å². The van der Waals surface area contributed by atoms with E-state index >= 15 is 0 Å². The quantitative estimate of drug-likeness (QED) is 0.766. The van der Waals surface area contributed by atoms with Crippen molar-refractivity contribution < 1.29 is 4.98 Å². The van der Waals surface area contributed by atoms with Gasteiger partial charge in [0, 0.05) is 5.39 Å². The second kappa shape index (κ2) is 4.66. The Morgan fingerprint density at radius 1 is 1.11 bits per heavy atom. The number of piperidine rings is 1. The minimum Gasteiger partial charge on any atom is -0.261 e. The van der Waals surface area contributed by atoms with E-state index in [4.69, 9.17) is 0 Å². The maximum atomic E-state index is 9.31. The van der Waals surface area contributed by atoms with E-state index in [1.165, 1.54) is 19.3 Å². The molecule has 1 aromatic heterocycles. The summed E-state index contributed by atoms with van der Waals surface area (Å²) >= 11 is 0. The topological polar surface area (TPSA) is 41.2 Å². The van der Waals surface area contributed by atoms with Gasteiger partial charge in [0.2, 0.25) is 0 Å². The third-order valence-electron chi connectivity index (χ3n) is 3.56. The Labute approximate surface area is 107 Å². The summed E-state index contributed by atoms with van der Waals surface area (Å²) in [6.07, 6.45) is 3.73. The first-order chi connectivity index (χ1) is 8.88. The molecule has 1 aliphatic rings. The molecule has 0 radical (unpaired) electrons.